The first-order chi connectivity index (χ1) is 7.18. The molecule has 1 aromatic carbocycles. The monoisotopic (exact) mass is 207 g/mol. The maximum absolute atomic E-state index is 13.2. The molecule has 1 aliphatic rings. The van der Waals surface area contributed by atoms with Crippen molar-refractivity contribution in [2.75, 3.05) is 5.32 Å². The zero-order valence-corrected chi connectivity index (χ0v) is 7.90. The minimum Gasteiger partial charge on any atom is -0.362 e. The average molecular weight is 207 g/mol. The Morgan fingerprint density at radius 3 is 2.60 bits per heavy atom. The lowest BCUT2D eigenvalue weighted by atomic mass is 10.2. The van der Waals surface area contributed by atoms with Gasteiger partial charge in [-0.3, -0.25) is 10.2 Å². The van der Waals surface area contributed by atoms with Gasteiger partial charge in [0.1, 0.15) is 0 Å². The van der Waals surface area contributed by atoms with E-state index < -0.39 is 12.1 Å². The SMILES string of the molecule is C=C1C(=O)NN(F)C1Nc1ccccc1. The lowest BCUT2D eigenvalue weighted by molar-refractivity contribution is -0.124. The molecule has 1 aliphatic heterocycles. The van der Waals surface area contributed by atoms with E-state index in [1.807, 2.05) is 23.6 Å². The number of para-hydroxylation sites is 1. The van der Waals surface area contributed by atoms with Crippen molar-refractivity contribution in [2.24, 2.45) is 0 Å². The summed E-state index contributed by atoms with van der Waals surface area (Å²) in [5.41, 5.74) is 2.88. The number of nitrogens with zero attached hydrogens (tertiary/aromatic N) is 1. The van der Waals surface area contributed by atoms with Gasteiger partial charge in [-0.05, 0) is 17.4 Å². The van der Waals surface area contributed by atoms with E-state index in [1.54, 1.807) is 12.1 Å². The molecule has 15 heavy (non-hydrogen) atoms. The number of hydrogen-bond donors (Lipinski definition) is 2. The van der Waals surface area contributed by atoms with Crippen LogP contribution in [0.2, 0.25) is 0 Å². The fraction of sp³-hybridized carbons (Fsp3) is 0.100. The molecule has 0 saturated carbocycles. The molecule has 5 heteroatoms. The van der Waals surface area contributed by atoms with Crippen molar-refractivity contribution in [2.45, 2.75) is 6.17 Å². The molecule has 1 amide bonds. The van der Waals surface area contributed by atoms with Crippen LogP contribution in [0.25, 0.3) is 0 Å². The van der Waals surface area contributed by atoms with Gasteiger partial charge >= 0.3 is 0 Å². The number of hydrazine groups is 1. The first-order valence-electron chi connectivity index (χ1n) is 4.45. The van der Waals surface area contributed by atoms with Crippen molar-refractivity contribution in [3.63, 3.8) is 0 Å². The van der Waals surface area contributed by atoms with Gasteiger partial charge < -0.3 is 5.32 Å². The standard InChI is InChI=1S/C10H10FN3O/c1-7-9(14(11)13-10(7)15)12-8-5-3-2-4-6-8/h2-6,9,12H,1H2,(H,13,15). The zero-order chi connectivity index (χ0) is 10.8. The summed E-state index contributed by atoms with van der Waals surface area (Å²) in [5.74, 6) is -0.508. The quantitative estimate of drug-likeness (QED) is 0.566. The Hall–Kier alpha value is -1.88. The highest BCUT2D eigenvalue weighted by atomic mass is 19.2. The van der Waals surface area contributed by atoms with E-state index in [0.29, 0.717) is 0 Å². The summed E-state index contributed by atoms with van der Waals surface area (Å²) in [7, 11) is 0. The van der Waals surface area contributed by atoms with E-state index in [4.69, 9.17) is 0 Å². The lowest BCUT2D eigenvalue weighted by Gasteiger charge is -2.16. The van der Waals surface area contributed by atoms with Gasteiger partial charge in [0.25, 0.3) is 5.91 Å². The molecule has 0 spiro atoms. The van der Waals surface area contributed by atoms with Crippen molar-refractivity contribution >= 4 is 11.6 Å². The molecule has 1 atom stereocenters. The molecule has 0 aliphatic carbocycles. The third kappa shape index (κ3) is 1.82. The fourth-order valence-electron chi connectivity index (χ4n) is 1.33. The Labute approximate surface area is 86.3 Å². The predicted octanol–water partition coefficient (Wildman–Crippen LogP) is 1.21. The van der Waals surface area contributed by atoms with Crippen molar-refractivity contribution < 1.29 is 9.28 Å². The highest BCUT2D eigenvalue weighted by molar-refractivity contribution is 5.96. The molecular weight excluding hydrogens is 197 g/mol. The highest BCUT2D eigenvalue weighted by Crippen LogP contribution is 2.18. The maximum Gasteiger partial charge on any atom is 0.266 e. The van der Waals surface area contributed by atoms with Crippen molar-refractivity contribution in [1.29, 1.82) is 0 Å². The molecule has 1 heterocycles. The second-order valence-electron chi connectivity index (χ2n) is 3.19. The minimum atomic E-state index is -0.847. The number of rotatable bonds is 2. The molecule has 2 rings (SSSR count). The Kier molecular flexibility index (Phi) is 2.39. The molecule has 2 N–H and O–H groups in total. The number of carbonyl (C=O) groups is 1. The summed E-state index contributed by atoms with van der Waals surface area (Å²) in [5, 5.41) is 3.04. The molecule has 0 radical (unpaired) electrons. The molecule has 1 fully saturated rings. The van der Waals surface area contributed by atoms with Gasteiger partial charge in [0.2, 0.25) is 0 Å². The summed E-state index contributed by atoms with van der Waals surface area (Å²) in [4.78, 5) is 11.1. The third-order valence-electron chi connectivity index (χ3n) is 2.13. The van der Waals surface area contributed by atoms with E-state index in [0.717, 1.165) is 5.69 Å². The van der Waals surface area contributed by atoms with Crippen LogP contribution in [-0.4, -0.2) is 17.3 Å². The van der Waals surface area contributed by atoms with Gasteiger partial charge in [-0.15, -0.1) is 4.48 Å². The topological polar surface area (TPSA) is 44.4 Å². The third-order valence-corrected chi connectivity index (χ3v) is 2.13. The molecule has 0 aromatic heterocycles. The Morgan fingerprint density at radius 2 is 2.07 bits per heavy atom. The summed E-state index contributed by atoms with van der Waals surface area (Å²) in [6, 6.07) is 9.05. The van der Waals surface area contributed by atoms with E-state index >= 15 is 0 Å². The number of benzene rings is 1. The van der Waals surface area contributed by atoms with E-state index in [-0.39, 0.29) is 10.8 Å². The summed E-state index contributed by atoms with van der Waals surface area (Å²) in [6.45, 7) is 3.51. The normalized spacial score (nSPS) is 21.5. The number of nitrogens with one attached hydrogen (secondary N) is 2. The lowest BCUT2D eigenvalue weighted by Crippen LogP contribution is -2.35. The van der Waals surface area contributed by atoms with E-state index in [9.17, 15) is 9.28 Å². The van der Waals surface area contributed by atoms with E-state index in [1.165, 1.54) is 0 Å². The van der Waals surface area contributed by atoms with Crippen LogP contribution >= 0.6 is 0 Å². The van der Waals surface area contributed by atoms with E-state index in [2.05, 4.69) is 11.9 Å². The van der Waals surface area contributed by atoms with Crippen LogP contribution in [0.15, 0.2) is 42.5 Å². The summed E-state index contributed by atoms with van der Waals surface area (Å²) >= 11 is 0. The molecular formula is C10H10FN3O. The minimum absolute atomic E-state index is 0.154. The van der Waals surface area contributed by atoms with Gasteiger partial charge in [-0.1, -0.05) is 24.8 Å². The second kappa shape index (κ2) is 3.70. The maximum atomic E-state index is 13.2. The van der Waals surface area contributed by atoms with Gasteiger partial charge in [0.15, 0.2) is 6.17 Å². The van der Waals surface area contributed by atoms with Crippen LogP contribution in [0.1, 0.15) is 0 Å². The number of hydrogen-bond acceptors (Lipinski definition) is 3. The predicted molar refractivity (Wildman–Crippen MR) is 54.1 cm³/mol. The van der Waals surface area contributed by atoms with Gasteiger partial charge in [0.05, 0.1) is 5.57 Å². The Bertz CT molecular complexity index is 393. The first kappa shape index (κ1) is 9.67. The molecule has 1 aromatic rings. The molecule has 78 valence electrons. The first-order valence-corrected chi connectivity index (χ1v) is 4.45. The second-order valence-corrected chi connectivity index (χ2v) is 3.19. The van der Waals surface area contributed by atoms with Crippen LogP contribution in [0.5, 0.6) is 0 Å². The van der Waals surface area contributed by atoms with Gasteiger partial charge in [-0.25, -0.2) is 0 Å². The number of halogens is 1. The Morgan fingerprint density at radius 1 is 1.40 bits per heavy atom. The van der Waals surface area contributed by atoms with Gasteiger partial charge in [-0.2, -0.15) is 0 Å². The average Bonchev–Trinajstić information content (AvgIpc) is 2.47. The van der Waals surface area contributed by atoms with Crippen molar-refractivity contribution in [3.05, 3.63) is 42.5 Å². The molecule has 1 saturated heterocycles. The van der Waals surface area contributed by atoms with Gasteiger partial charge in [0, 0.05) is 5.69 Å². The van der Waals surface area contributed by atoms with Crippen LogP contribution < -0.4 is 10.7 Å². The molecule has 1 unspecified atom stereocenters. The fourth-order valence-corrected chi connectivity index (χ4v) is 1.33. The van der Waals surface area contributed by atoms with Crippen LogP contribution in [0.4, 0.5) is 10.2 Å². The summed E-state index contributed by atoms with van der Waals surface area (Å²) < 4.78 is 13.2. The molecule has 4 nitrogen and oxygen atoms in total. The molecule has 0 bridgehead atoms. The van der Waals surface area contributed by atoms with Crippen LogP contribution in [0, 0.1) is 0 Å². The number of anilines is 1. The van der Waals surface area contributed by atoms with Crippen LogP contribution in [0.3, 0.4) is 0 Å². The highest BCUT2D eigenvalue weighted by Gasteiger charge is 2.34. The Balaban J connectivity index is 2.13. The smallest absolute Gasteiger partial charge is 0.266 e. The summed E-state index contributed by atoms with van der Waals surface area (Å²) in [6.07, 6.45) is -0.847. The zero-order valence-electron chi connectivity index (χ0n) is 7.90. The van der Waals surface area contributed by atoms with Crippen molar-refractivity contribution in [3.8, 4) is 0 Å². The van der Waals surface area contributed by atoms with Crippen LogP contribution in [-0.2, 0) is 4.79 Å². The largest absolute Gasteiger partial charge is 0.362 e. The van der Waals surface area contributed by atoms with Crippen molar-refractivity contribution in [1.82, 2.24) is 10.7 Å². The number of carbonyl (C=O) groups excluding carboxylic acids is 1. The number of amides is 1.